The first-order valence-corrected chi connectivity index (χ1v) is 6.41. The first-order valence-electron chi connectivity index (χ1n) is 6.41. The van der Waals surface area contributed by atoms with Gasteiger partial charge >= 0.3 is 0 Å². The highest BCUT2D eigenvalue weighted by Gasteiger charge is 2.15. The molecule has 104 valence electrons. The molecule has 1 saturated heterocycles. The standard InChI is InChI=1S/C13H19N3O3/c14-13-10(3-1-5-15-13)7-16-12(17)9-18-8-11-4-2-6-19-11/h1,3,5,11H,2,4,6-9H2,(H2,14,15)(H,16,17). The van der Waals surface area contributed by atoms with Gasteiger partial charge in [0.25, 0.3) is 0 Å². The molecule has 0 aliphatic carbocycles. The van der Waals surface area contributed by atoms with E-state index in [9.17, 15) is 4.79 Å². The Morgan fingerprint density at radius 1 is 1.63 bits per heavy atom. The molecule has 6 nitrogen and oxygen atoms in total. The second-order valence-electron chi connectivity index (χ2n) is 4.47. The Morgan fingerprint density at radius 3 is 3.26 bits per heavy atom. The number of nitrogens with zero attached hydrogens (tertiary/aromatic N) is 1. The summed E-state index contributed by atoms with van der Waals surface area (Å²) in [5, 5.41) is 2.74. The number of nitrogens with one attached hydrogen (secondary N) is 1. The quantitative estimate of drug-likeness (QED) is 0.781. The van der Waals surface area contributed by atoms with Crippen molar-refractivity contribution in [1.82, 2.24) is 10.3 Å². The Kier molecular flexibility index (Phi) is 5.11. The molecule has 3 N–H and O–H groups in total. The van der Waals surface area contributed by atoms with Crippen molar-refractivity contribution in [2.75, 3.05) is 25.6 Å². The summed E-state index contributed by atoms with van der Waals surface area (Å²) in [6, 6.07) is 3.61. The van der Waals surface area contributed by atoms with Crippen molar-refractivity contribution in [2.45, 2.75) is 25.5 Å². The molecule has 0 aromatic carbocycles. The minimum absolute atomic E-state index is 0.0417. The molecule has 19 heavy (non-hydrogen) atoms. The number of pyridine rings is 1. The predicted octanol–water partition coefficient (Wildman–Crippen LogP) is 0.476. The van der Waals surface area contributed by atoms with Crippen LogP contribution in [0.2, 0.25) is 0 Å². The average molecular weight is 265 g/mol. The summed E-state index contributed by atoms with van der Waals surface area (Å²) in [4.78, 5) is 15.5. The number of carbonyl (C=O) groups is 1. The predicted molar refractivity (Wildman–Crippen MR) is 70.3 cm³/mol. The van der Waals surface area contributed by atoms with Gasteiger partial charge < -0.3 is 20.5 Å². The van der Waals surface area contributed by atoms with Gasteiger partial charge in [-0.3, -0.25) is 4.79 Å². The lowest BCUT2D eigenvalue weighted by atomic mass is 10.2. The van der Waals surface area contributed by atoms with E-state index in [1.165, 1.54) is 0 Å². The molecule has 6 heteroatoms. The number of aromatic nitrogens is 1. The smallest absolute Gasteiger partial charge is 0.246 e. The van der Waals surface area contributed by atoms with Crippen LogP contribution >= 0.6 is 0 Å². The van der Waals surface area contributed by atoms with Crippen LogP contribution in [0, 0.1) is 0 Å². The van der Waals surface area contributed by atoms with Gasteiger partial charge in [0.15, 0.2) is 0 Å². The maximum atomic E-state index is 11.6. The minimum atomic E-state index is -0.166. The molecule has 1 aliphatic rings. The van der Waals surface area contributed by atoms with Crippen molar-refractivity contribution in [2.24, 2.45) is 0 Å². The fourth-order valence-electron chi connectivity index (χ4n) is 1.90. The Bertz CT molecular complexity index is 419. The van der Waals surface area contributed by atoms with Crippen LogP contribution in [0.25, 0.3) is 0 Å². The zero-order chi connectivity index (χ0) is 13.5. The summed E-state index contributed by atoms with van der Waals surface area (Å²) in [5.74, 6) is 0.268. The maximum Gasteiger partial charge on any atom is 0.246 e. The van der Waals surface area contributed by atoms with Crippen LogP contribution in [-0.4, -0.2) is 36.8 Å². The summed E-state index contributed by atoms with van der Waals surface area (Å²) in [6.07, 6.45) is 3.83. The van der Waals surface area contributed by atoms with Crippen LogP contribution in [0.3, 0.4) is 0 Å². The summed E-state index contributed by atoms with van der Waals surface area (Å²) >= 11 is 0. The number of nitrogens with two attached hydrogens (primary N) is 1. The molecular formula is C13H19N3O3. The molecule has 0 bridgehead atoms. The van der Waals surface area contributed by atoms with Crippen molar-refractivity contribution in [1.29, 1.82) is 0 Å². The molecular weight excluding hydrogens is 246 g/mol. The van der Waals surface area contributed by atoms with E-state index in [1.54, 1.807) is 12.3 Å². The first kappa shape index (κ1) is 13.8. The van der Waals surface area contributed by atoms with Crippen molar-refractivity contribution in [3.8, 4) is 0 Å². The van der Waals surface area contributed by atoms with E-state index < -0.39 is 0 Å². The average Bonchev–Trinajstić information content (AvgIpc) is 2.91. The first-order chi connectivity index (χ1) is 9.25. The molecule has 0 saturated carbocycles. The number of carbonyl (C=O) groups excluding carboxylic acids is 1. The van der Waals surface area contributed by atoms with Gasteiger partial charge in [-0.15, -0.1) is 0 Å². The molecule has 1 amide bonds. The van der Waals surface area contributed by atoms with Crippen LogP contribution in [0.4, 0.5) is 5.82 Å². The molecule has 2 heterocycles. The maximum absolute atomic E-state index is 11.6. The van der Waals surface area contributed by atoms with Gasteiger partial charge in [0.2, 0.25) is 5.91 Å². The van der Waals surface area contributed by atoms with Crippen LogP contribution < -0.4 is 11.1 Å². The molecule has 0 radical (unpaired) electrons. The van der Waals surface area contributed by atoms with Gasteiger partial charge in [-0.2, -0.15) is 0 Å². The van der Waals surface area contributed by atoms with Gasteiger partial charge in [-0.1, -0.05) is 6.07 Å². The van der Waals surface area contributed by atoms with Crippen molar-refractivity contribution < 1.29 is 14.3 Å². The fraction of sp³-hybridized carbons (Fsp3) is 0.538. The Labute approximate surface area is 112 Å². The third kappa shape index (κ3) is 4.50. The molecule has 1 aliphatic heterocycles. The number of hydrogen-bond acceptors (Lipinski definition) is 5. The molecule has 1 aromatic rings. The van der Waals surface area contributed by atoms with E-state index in [1.807, 2.05) is 6.07 Å². The molecule has 0 spiro atoms. The molecule has 1 aromatic heterocycles. The molecule has 1 unspecified atom stereocenters. The number of hydrogen-bond donors (Lipinski definition) is 2. The highest BCUT2D eigenvalue weighted by molar-refractivity contribution is 5.77. The second-order valence-corrected chi connectivity index (χ2v) is 4.47. The summed E-state index contributed by atoms with van der Waals surface area (Å²) < 4.78 is 10.7. The molecule has 1 atom stereocenters. The van der Waals surface area contributed by atoms with Crippen LogP contribution in [0.5, 0.6) is 0 Å². The summed E-state index contributed by atoms with van der Waals surface area (Å²) in [7, 11) is 0. The third-order valence-electron chi connectivity index (χ3n) is 2.96. The van der Waals surface area contributed by atoms with Gasteiger partial charge in [0.05, 0.1) is 12.7 Å². The van der Waals surface area contributed by atoms with E-state index in [0.29, 0.717) is 19.0 Å². The highest BCUT2D eigenvalue weighted by atomic mass is 16.5. The zero-order valence-electron chi connectivity index (χ0n) is 10.8. The Morgan fingerprint density at radius 2 is 2.53 bits per heavy atom. The number of amides is 1. The summed E-state index contributed by atoms with van der Waals surface area (Å²) in [5.41, 5.74) is 6.48. The monoisotopic (exact) mass is 265 g/mol. The number of anilines is 1. The topological polar surface area (TPSA) is 86.5 Å². The van der Waals surface area contributed by atoms with Crippen molar-refractivity contribution in [3.63, 3.8) is 0 Å². The number of nitrogen functional groups attached to an aromatic ring is 1. The highest BCUT2D eigenvalue weighted by Crippen LogP contribution is 2.11. The lowest BCUT2D eigenvalue weighted by Gasteiger charge is -2.10. The van der Waals surface area contributed by atoms with E-state index in [2.05, 4.69) is 10.3 Å². The second kappa shape index (κ2) is 7.06. The number of rotatable bonds is 6. The van der Waals surface area contributed by atoms with Crippen LogP contribution in [0.1, 0.15) is 18.4 Å². The minimum Gasteiger partial charge on any atom is -0.383 e. The van der Waals surface area contributed by atoms with Gasteiger partial charge in [0.1, 0.15) is 12.4 Å². The lowest BCUT2D eigenvalue weighted by Crippen LogP contribution is -2.29. The van der Waals surface area contributed by atoms with Crippen molar-refractivity contribution >= 4 is 11.7 Å². The van der Waals surface area contributed by atoms with Gasteiger partial charge in [-0.25, -0.2) is 4.98 Å². The zero-order valence-corrected chi connectivity index (χ0v) is 10.8. The largest absolute Gasteiger partial charge is 0.383 e. The third-order valence-corrected chi connectivity index (χ3v) is 2.96. The Balaban J connectivity index is 1.63. The van der Waals surface area contributed by atoms with Crippen LogP contribution in [0.15, 0.2) is 18.3 Å². The molecule has 2 rings (SSSR count). The van der Waals surface area contributed by atoms with E-state index in [-0.39, 0.29) is 18.6 Å². The fourth-order valence-corrected chi connectivity index (χ4v) is 1.90. The van der Waals surface area contributed by atoms with E-state index in [0.717, 1.165) is 25.0 Å². The normalized spacial score (nSPS) is 18.4. The van der Waals surface area contributed by atoms with Crippen LogP contribution in [-0.2, 0) is 20.8 Å². The van der Waals surface area contributed by atoms with E-state index in [4.69, 9.17) is 15.2 Å². The Hall–Kier alpha value is -1.66. The SMILES string of the molecule is Nc1ncccc1CNC(=O)COCC1CCCO1. The number of ether oxygens (including phenoxy) is 2. The van der Waals surface area contributed by atoms with Gasteiger partial charge in [0, 0.05) is 24.9 Å². The van der Waals surface area contributed by atoms with Crippen molar-refractivity contribution in [3.05, 3.63) is 23.9 Å². The van der Waals surface area contributed by atoms with Gasteiger partial charge in [-0.05, 0) is 18.9 Å². The summed E-state index contributed by atoms with van der Waals surface area (Å²) in [6.45, 7) is 1.67. The van der Waals surface area contributed by atoms with E-state index >= 15 is 0 Å². The molecule has 1 fully saturated rings. The lowest BCUT2D eigenvalue weighted by molar-refractivity contribution is -0.127.